The van der Waals surface area contributed by atoms with Crippen LogP contribution in [0.1, 0.15) is 21.8 Å². The van der Waals surface area contributed by atoms with Gasteiger partial charge in [-0.25, -0.2) is 15.1 Å². The largest absolute Gasteiger partial charge is 0.273 e. The van der Waals surface area contributed by atoms with Crippen LogP contribution in [0.2, 0.25) is 0 Å². The number of carbonyl (C=O) groups is 1. The summed E-state index contributed by atoms with van der Waals surface area (Å²) < 4.78 is 1.85. The predicted molar refractivity (Wildman–Crippen MR) is 120 cm³/mol. The summed E-state index contributed by atoms with van der Waals surface area (Å²) in [7, 11) is 0. The van der Waals surface area contributed by atoms with Crippen molar-refractivity contribution in [2.45, 2.75) is 20.3 Å². The SMILES string of the molecule is Cc1csc(CC(=O)N/N=C\c2cn(-c3ccccc3C)nc2-c2ccccc2)n1. The molecule has 150 valence electrons. The Balaban J connectivity index is 1.59. The normalized spacial score (nSPS) is 11.1. The Hall–Kier alpha value is -3.58. The lowest BCUT2D eigenvalue weighted by atomic mass is 10.1. The quantitative estimate of drug-likeness (QED) is 0.377. The molecule has 1 amide bonds. The molecular weight excluding hydrogens is 394 g/mol. The minimum Gasteiger partial charge on any atom is -0.273 e. The van der Waals surface area contributed by atoms with Gasteiger partial charge in [-0.3, -0.25) is 4.79 Å². The average molecular weight is 416 g/mol. The molecule has 0 saturated heterocycles. The van der Waals surface area contributed by atoms with E-state index < -0.39 is 0 Å². The first kappa shape index (κ1) is 19.7. The zero-order valence-electron chi connectivity index (χ0n) is 16.7. The van der Waals surface area contributed by atoms with Crippen molar-refractivity contribution in [3.8, 4) is 16.9 Å². The molecule has 1 N–H and O–H groups in total. The van der Waals surface area contributed by atoms with Crippen LogP contribution in [0.25, 0.3) is 16.9 Å². The summed E-state index contributed by atoms with van der Waals surface area (Å²) in [4.78, 5) is 16.5. The highest BCUT2D eigenvalue weighted by Gasteiger charge is 2.12. The molecule has 4 rings (SSSR count). The Labute approximate surface area is 178 Å². The van der Waals surface area contributed by atoms with E-state index in [1.54, 1.807) is 6.21 Å². The van der Waals surface area contributed by atoms with Crippen molar-refractivity contribution in [1.29, 1.82) is 0 Å². The molecule has 0 unspecified atom stereocenters. The van der Waals surface area contributed by atoms with Crippen molar-refractivity contribution in [2.24, 2.45) is 5.10 Å². The molecule has 0 aliphatic heterocycles. The van der Waals surface area contributed by atoms with Crippen molar-refractivity contribution < 1.29 is 4.79 Å². The monoisotopic (exact) mass is 415 g/mol. The van der Waals surface area contributed by atoms with Crippen molar-refractivity contribution >= 4 is 23.5 Å². The van der Waals surface area contributed by atoms with Gasteiger partial charge >= 0.3 is 0 Å². The van der Waals surface area contributed by atoms with Crippen LogP contribution in [-0.2, 0) is 11.2 Å². The molecule has 2 aromatic heterocycles. The van der Waals surface area contributed by atoms with Gasteiger partial charge in [0, 0.05) is 28.4 Å². The third-order valence-electron chi connectivity index (χ3n) is 4.52. The zero-order valence-corrected chi connectivity index (χ0v) is 17.6. The molecule has 0 radical (unpaired) electrons. The highest BCUT2D eigenvalue weighted by Crippen LogP contribution is 2.23. The van der Waals surface area contributed by atoms with Gasteiger partial charge in [-0.2, -0.15) is 10.2 Å². The Kier molecular flexibility index (Phi) is 5.81. The Morgan fingerprint density at radius 1 is 1.13 bits per heavy atom. The number of benzene rings is 2. The number of para-hydroxylation sites is 1. The van der Waals surface area contributed by atoms with Crippen molar-refractivity contribution in [3.63, 3.8) is 0 Å². The number of aryl methyl sites for hydroxylation is 2. The minimum absolute atomic E-state index is 0.201. The molecule has 0 bridgehead atoms. The number of thiazole rings is 1. The Morgan fingerprint density at radius 3 is 2.63 bits per heavy atom. The maximum absolute atomic E-state index is 12.2. The van der Waals surface area contributed by atoms with Crippen LogP contribution in [0.15, 0.2) is 71.3 Å². The summed E-state index contributed by atoms with van der Waals surface area (Å²) >= 11 is 1.47. The molecule has 2 heterocycles. The van der Waals surface area contributed by atoms with Crippen molar-refractivity contribution in [2.75, 3.05) is 0 Å². The summed E-state index contributed by atoms with van der Waals surface area (Å²) in [5, 5.41) is 11.6. The number of hydrogen-bond donors (Lipinski definition) is 1. The molecular formula is C23H21N5OS. The Morgan fingerprint density at radius 2 is 1.90 bits per heavy atom. The van der Waals surface area contributed by atoms with E-state index >= 15 is 0 Å². The number of nitrogens with zero attached hydrogens (tertiary/aromatic N) is 4. The molecule has 30 heavy (non-hydrogen) atoms. The molecule has 7 heteroatoms. The number of amides is 1. The molecule has 2 aromatic carbocycles. The fraction of sp³-hybridized carbons (Fsp3) is 0.130. The summed E-state index contributed by atoms with van der Waals surface area (Å²) in [5.41, 5.74) is 8.22. The molecule has 0 spiro atoms. The third kappa shape index (κ3) is 4.52. The van der Waals surface area contributed by atoms with Crippen LogP contribution >= 0.6 is 11.3 Å². The molecule has 0 atom stereocenters. The first-order chi connectivity index (χ1) is 14.6. The van der Waals surface area contributed by atoms with E-state index in [4.69, 9.17) is 5.10 Å². The zero-order chi connectivity index (χ0) is 20.9. The molecule has 6 nitrogen and oxygen atoms in total. The summed E-state index contributed by atoms with van der Waals surface area (Å²) in [5.74, 6) is -0.201. The maximum atomic E-state index is 12.2. The average Bonchev–Trinajstić information content (AvgIpc) is 3.35. The lowest BCUT2D eigenvalue weighted by molar-refractivity contribution is -0.120. The number of rotatable bonds is 6. The number of aromatic nitrogens is 3. The van der Waals surface area contributed by atoms with Gasteiger partial charge in [-0.1, -0.05) is 48.5 Å². The second kappa shape index (κ2) is 8.84. The highest BCUT2D eigenvalue weighted by molar-refractivity contribution is 7.09. The van der Waals surface area contributed by atoms with Gasteiger partial charge in [0.15, 0.2) is 0 Å². The van der Waals surface area contributed by atoms with E-state index in [9.17, 15) is 4.79 Å². The van der Waals surface area contributed by atoms with Gasteiger partial charge in [0.1, 0.15) is 10.7 Å². The second-order valence-electron chi connectivity index (χ2n) is 6.88. The van der Waals surface area contributed by atoms with Crippen LogP contribution in [0, 0.1) is 13.8 Å². The maximum Gasteiger partial charge on any atom is 0.246 e. The summed E-state index contributed by atoms with van der Waals surface area (Å²) in [6.45, 7) is 3.96. The fourth-order valence-electron chi connectivity index (χ4n) is 3.08. The van der Waals surface area contributed by atoms with E-state index in [0.717, 1.165) is 38.8 Å². The first-order valence-corrected chi connectivity index (χ1v) is 10.4. The van der Waals surface area contributed by atoms with Crippen LogP contribution in [0.3, 0.4) is 0 Å². The number of hydrazone groups is 1. The molecule has 0 saturated carbocycles. The third-order valence-corrected chi connectivity index (χ3v) is 5.49. The van der Waals surface area contributed by atoms with E-state index in [2.05, 4.69) is 15.5 Å². The number of hydrogen-bond acceptors (Lipinski definition) is 5. The molecule has 4 aromatic rings. The number of nitrogens with one attached hydrogen (secondary N) is 1. The van der Waals surface area contributed by atoms with Gasteiger partial charge in [-0.05, 0) is 25.5 Å². The van der Waals surface area contributed by atoms with Gasteiger partial charge in [0.2, 0.25) is 5.91 Å². The van der Waals surface area contributed by atoms with Crippen LogP contribution in [0.4, 0.5) is 0 Å². The number of carbonyl (C=O) groups excluding carboxylic acids is 1. The van der Waals surface area contributed by atoms with Gasteiger partial charge in [-0.15, -0.1) is 11.3 Å². The topological polar surface area (TPSA) is 72.2 Å². The lowest BCUT2D eigenvalue weighted by Gasteiger charge is -2.04. The summed E-state index contributed by atoms with van der Waals surface area (Å²) in [6, 6.07) is 18.0. The first-order valence-electron chi connectivity index (χ1n) is 9.54. The Bertz CT molecular complexity index is 1190. The van der Waals surface area contributed by atoms with Crippen molar-refractivity contribution in [1.82, 2.24) is 20.2 Å². The van der Waals surface area contributed by atoms with E-state index in [1.807, 2.05) is 84.7 Å². The van der Waals surface area contributed by atoms with Gasteiger partial charge in [0.05, 0.1) is 18.3 Å². The van der Waals surface area contributed by atoms with Gasteiger partial charge < -0.3 is 0 Å². The fourth-order valence-corrected chi connectivity index (χ4v) is 3.85. The highest BCUT2D eigenvalue weighted by atomic mass is 32.1. The smallest absolute Gasteiger partial charge is 0.246 e. The molecule has 0 fully saturated rings. The molecule has 0 aliphatic rings. The standard InChI is InChI=1S/C23H21N5OS/c1-16-8-6-7-11-20(16)28-14-19(23(27-28)18-9-4-3-5-10-18)13-24-26-21(29)12-22-25-17(2)15-30-22/h3-11,13-15H,12H2,1-2H3,(H,26,29)/b24-13-. The second-order valence-corrected chi connectivity index (χ2v) is 7.83. The van der Waals surface area contributed by atoms with Gasteiger partial charge in [0.25, 0.3) is 0 Å². The molecule has 0 aliphatic carbocycles. The van der Waals surface area contributed by atoms with Crippen LogP contribution in [0.5, 0.6) is 0 Å². The van der Waals surface area contributed by atoms with E-state index in [-0.39, 0.29) is 12.3 Å². The lowest BCUT2D eigenvalue weighted by Crippen LogP contribution is -2.19. The van der Waals surface area contributed by atoms with E-state index in [1.165, 1.54) is 11.3 Å². The van der Waals surface area contributed by atoms with Crippen LogP contribution < -0.4 is 5.43 Å². The van der Waals surface area contributed by atoms with Crippen LogP contribution in [-0.4, -0.2) is 26.9 Å². The van der Waals surface area contributed by atoms with E-state index in [0.29, 0.717) is 0 Å². The summed E-state index contributed by atoms with van der Waals surface area (Å²) in [6.07, 6.45) is 3.77. The predicted octanol–water partition coefficient (Wildman–Crippen LogP) is 4.31. The minimum atomic E-state index is -0.201. The van der Waals surface area contributed by atoms with Crippen molar-refractivity contribution in [3.05, 3.63) is 88.0 Å².